The fraction of sp³-hybridized carbons (Fsp3) is 0.0769. The number of furan rings is 1. The number of aromatic nitrogens is 3. The predicted octanol–water partition coefficient (Wildman–Crippen LogP) is 2.72. The van der Waals surface area contributed by atoms with E-state index in [9.17, 15) is 4.79 Å². The van der Waals surface area contributed by atoms with Crippen LogP contribution in [-0.2, 0) is 5.75 Å². The van der Waals surface area contributed by atoms with E-state index in [1.807, 2.05) is 0 Å². The van der Waals surface area contributed by atoms with Crippen molar-refractivity contribution in [3.05, 3.63) is 48.1 Å². The van der Waals surface area contributed by atoms with Gasteiger partial charge in [-0.1, -0.05) is 16.9 Å². The first kappa shape index (κ1) is 13.4. The average molecular weight is 303 g/mol. The van der Waals surface area contributed by atoms with Crippen LogP contribution >= 0.6 is 11.8 Å². The number of hydrogen-bond acceptors (Lipinski definition) is 7. The summed E-state index contributed by atoms with van der Waals surface area (Å²) in [6.45, 7) is 0. The van der Waals surface area contributed by atoms with Gasteiger partial charge in [-0.3, -0.25) is 0 Å². The predicted molar refractivity (Wildman–Crippen MR) is 72.8 cm³/mol. The number of aromatic carboxylic acids is 1. The van der Waals surface area contributed by atoms with Gasteiger partial charge in [0.2, 0.25) is 0 Å². The Labute approximate surface area is 123 Å². The molecule has 0 aliphatic heterocycles. The van der Waals surface area contributed by atoms with E-state index in [0.717, 1.165) is 0 Å². The summed E-state index contributed by atoms with van der Waals surface area (Å²) >= 11 is 1.33. The minimum Gasteiger partial charge on any atom is -0.478 e. The fourth-order valence-corrected chi connectivity index (χ4v) is 2.31. The van der Waals surface area contributed by atoms with Crippen molar-refractivity contribution in [3.63, 3.8) is 0 Å². The van der Waals surface area contributed by atoms with Crippen LogP contribution < -0.4 is 0 Å². The fourth-order valence-electron chi connectivity index (χ4n) is 1.57. The average Bonchev–Trinajstić information content (AvgIpc) is 3.16. The summed E-state index contributed by atoms with van der Waals surface area (Å²) in [7, 11) is 0. The van der Waals surface area contributed by atoms with E-state index < -0.39 is 5.97 Å². The van der Waals surface area contributed by atoms with Gasteiger partial charge >= 0.3 is 5.97 Å². The molecule has 3 rings (SSSR count). The van der Waals surface area contributed by atoms with E-state index in [0.29, 0.717) is 28.3 Å². The maximum atomic E-state index is 10.9. The molecule has 7 nitrogen and oxygen atoms in total. The molecule has 0 aromatic carbocycles. The van der Waals surface area contributed by atoms with Crippen LogP contribution in [0, 0.1) is 0 Å². The zero-order valence-corrected chi connectivity index (χ0v) is 11.4. The summed E-state index contributed by atoms with van der Waals surface area (Å²) in [6, 6.07) is 6.40. The summed E-state index contributed by atoms with van der Waals surface area (Å²) in [5.41, 5.74) is 0.192. The van der Waals surface area contributed by atoms with Gasteiger partial charge < -0.3 is 14.0 Å². The number of pyridine rings is 1. The molecule has 0 amide bonds. The molecule has 0 radical (unpaired) electrons. The molecule has 0 saturated heterocycles. The van der Waals surface area contributed by atoms with Gasteiger partial charge in [0.15, 0.2) is 11.6 Å². The molecule has 3 aromatic heterocycles. The molecular formula is C13H9N3O4S. The smallest absolute Gasteiger partial charge is 0.335 e. The lowest BCUT2D eigenvalue weighted by atomic mass is 10.3. The number of hydrogen-bond donors (Lipinski definition) is 1. The van der Waals surface area contributed by atoms with Crippen LogP contribution in [0.3, 0.4) is 0 Å². The number of carboxylic acid groups (broad SMARTS) is 1. The third kappa shape index (κ3) is 3.11. The van der Waals surface area contributed by atoms with Crippen LogP contribution in [0.4, 0.5) is 0 Å². The quantitative estimate of drug-likeness (QED) is 0.718. The first-order valence-corrected chi connectivity index (χ1v) is 6.89. The zero-order valence-electron chi connectivity index (χ0n) is 10.6. The van der Waals surface area contributed by atoms with Gasteiger partial charge in [0.25, 0.3) is 5.89 Å². The number of nitrogens with zero attached hydrogens (tertiary/aromatic N) is 3. The topological polar surface area (TPSA) is 102 Å². The second-order valence-electron chi connectivity index (χ2n) is 3.97. The molecule has 3 aromatic rings. The van der Waals surface area contributed by atoms with Crippen LogP contribution in [0.1, 0.15) is 16.2 Å². The van der Waals surface area contributed by atoms with E-state index in [1.165, 1.54) is 36.4 Å². The summed E-state index contributed by atoms with van der Waals surface area (Å²) in [5.74, 6) is 0.723. The highest BCUT2D eigenvalue weighted by atomic mass is 32.2. The largest absolute Gasteiger partial charge is 0.478 e. The Kier molecular flexibility index (Phi) is 3.69. The molecule has 21 heavy (non-hydrogen) atoms. The third-order valence-electron chi connectivity index (χ3n) is 2.53. The zero-order chi connectivity index (χ0) is 14.7. The first-order valence-electron chi connectivity index (χ1n) is 5.91. The molecule has 0 spiro atoms. The molecule has 3 heterocycles. The number of carboxylic acids is 1. The number of thioether (sulfide) groups is 1. The molecule has 0 saturated carbocycles. The molecule has 0 aliphatic rings. The Morgan fingerprint density at radius 2 is 2.29 bits per heavy atom. The Balaban J connectivity index is 1.68. The van der Waals surface area contributed by atoms with Gasteiger partial charge in [0.05, 0.1) is 22.6 Å². The third-order valence-corrected chi connectivity index (χ3v) is 3.45. The van der Waals surface area contributed by atoms with Crippen molar-refractivity contribution in [2.45, 2.75) is 10.8 Å². The van der Waals surface area contributed by atoms with Crippen molar-refractivity contribution in [3.8, 4) is 11.7 Å². The van der Waals surface area contributed by atoms with E-state index in [2.05, 4.69) is 15.1 Å². The summed E-state index contributed by atoms with van der Waals surface area (Å²) < 4.78 is 10.2. The molecule has 0 unspecified atom stereocenters. The van der Waals surface area contributed by atoms with Gasteiger partial charge in [-0.25, -0.2) is 9.78 Å². The van der Waals surface area contributed by atoms with Crippen LogP contribution in [-0.4, -0.2) is 26.2 Å². The van der Waals surface area contributed by atoms with Crippen molar-refractivity contribution < 1.29 is 18.8 Å². The standard InChI is InChI=1S/C13H9N3O4S/c17-13(18)8-3-4-14-11(6-8)21-7-10-15-12(20-16-10)9-2-1-5-19-9/h1-6H,7H2,(H,17,18). The molecule has 1 N–H and O–H groups in total. The van der Waals surface area contributed by atoms with E-state index in [4.69, 9.17) is 14.0 Å². The van der Waals surface area contributed by atoms with Gasteiger partial charge in [0, 0.05) is 6.20 Å². The molecule has 0 atom stereocenters. The Morgan fingerprint density at radius 1 is 1.38 bits per heavy atom. The van der Waals surface area contributed by atoms with Gasteiger partial charge in [-0.15, -0.1) is 0 Å². The lowest BCUT2D eigenvalue weighted by Crippen LogP contribution is -1.97. The summed E-state index contributed by atoms with van der Waals surface area (Å²) in [4.78, 5) is 19.2. The monoisotopic (exact) mass is 303 g/mol. The lowest BCUT2D eigenvalue weighted by molar-refractivity contribution is 0.0696. The second kappa shape index (κ2) is 5.80. The van der Waals surface area contributed by atoms with Crippen molar-refractivity contribution >= 4 is 17.7 Å². The summed E-state index contributed by atoms with van der Waals surface area (Å²) in [6.07, 6.45) is 2.98. The Bertz CT molecular complexity index is 754. The van der Waals surface area contributed by atoms with Crippen LogP contribution in [0.15, 0.2) is 50.7 Å². The highest BCUT2D eigenvalue weighted by Gasteiger charge is 2.12. The molecule has 0 fully saturated rings. The molecular weight excluding hydrogens is 294 g/mol. The van der Waals surface area contributed by atoms with Gasteiger partial charge in [-0.2, -0.15) is 4.98 Å². The second-order valence-corrected chi connectivity index (χ2v) is 4.97. The lowest BCUT2D eigenvalue weighted by Gasteiger charge is -1.99. The van der Waals surface area contributed by atoms with Crippen molar-refractivity contribution in [1.29, 1.82) is 0 Å². The molecule has 0 aliphatic carbocycles. The van der Waals surface area contributed by atoms with Crippen LogP contribution in [0.5, 0.6) is 0 Å². The number of rotatable bonds is 5. The Hall–Kier alpha value is -2.61. The maximum Gasteiger partial charge on any atom is 0.335 e. The van der Waals surface area contributed by atoms with Gasteiger partial charge in [0.1, 0.15) is 0 Å². The van der Waals surface area contributed by atoms with E-state index >= 15 is 0 Å². The van der Waals surface area contributed by atoms with Crippen molar-refractivity contribution in [2.75, 3.05) is 0 Å². The highest BCUT2D eigenvalue weighted by molar-refractivity contribution is 7.98. The molecule has 106 valence electrons. The Morgan fingerprint density at radius 3 is 3.05 bits per heavy atom. The normalized spacial score (nSPS) is 10.7. The minimum atomic E-state index is -0.987. The van der Waals surface area contributed by atoms with Crippen molar-refractivity contribution in [2.24, 2.45) is 0 Å². The summed E-state index contributed by atoms with van der Waals surface area (Å²) in [5, 5.41) is 13.3. The van der Waals surface area contributed by atoms with Crippen molar-refractivity contribution in [1.82, 2.24) is 15.1 Å². The highest BCUT2D eigenvalue weighted by Crippen LogP contribution is 2.22. The first-order chi connectivity index (χ1) is 10.2. The number of carbonyl (C=O) groups is 1. The maximum absolute atomic E-state index is 10.9. The SMILES string of the molecule is O=C(O)c1ccnc(SCc2noc(-c3ccco3)n2)c1. The van der Waals surface area contributed by atoms with Gasteiger partial charge in [-0.05, 0) is 24.3 Å². The van der Waals surface area contributed by atoms with Crippen LogP contribution in [0.25, 0.3) is 11.7 Å². The molecule has 8 heteroatoms. The molecule has 0 bridgehead atoms. The van der Waals surface area contributed by atoms with E-state index in [1.54, 1.807) is 12.1 Å². The minimum absolute atomic E-state index is 0.192. The van der Waals surface area contributed by atoms with Crippen LogP contribution in [0.2, 0.25) is 0 Å². The van der Waals surface area contributed by atoms with E-state index in [-0.39, 0.29) is 5.56 Å².